The van der Waals surface area contributed by atoms with E-state index < -0.39 is 12.0 Å². The number of allylic oxidation sites excluding steroid dienone is 1. The van der Waals surface area contributed by atoms with Crippen molar-refractivity contribution in [2.24, 2.45) is 11.8 Å². The standard InChI is InChI=1S/C11H18N2O3/c1-5(2)8-7(10(14)15)9(6(3)4)13-11(16)12-8/h5-6,8H,1-4H3,(H,14,15)(H2,12,13,16). The number of nitrogens with one attached hydrogen (secondary N) is 2. The van der Waals surface area contributed by atoms with Crippen molar-refractivity contribution in [3.63, 3.8) is 0 Å². The molecule has 0 aromatic heterocycles. The zero-order valence-electron chi connectivity index (χ0n) is 10.00. The number of amides is 2. The fraction of sp³-hybridized carbons (Fsp3) is 0.636. The maximum absolute atomic E-state index is 11.4. The highest BCUT2D eigenvalue weighted by Crippen LogP contribution is 2.23. The van der Waals surface area contributed by atoms with Gasteiger partial charge in [0.05, 0.1) is 11.6 Å². The Morgan fingerprint density at radius 2 is 1.88 bits per heavy atom. The first-order chi connectivity index (χ1) is 7.34. The summed E-state index contributed by atoms with van der Waals surface area (Å²) < 4.78 is 0. The molecule has 0 radical (unpaired) electrons. The number of carboxylic acid groups (broad SMARTS) is 1. The molecule has 1 heterocycles. The highest BCUT2D eigenvalue weighted by Gasteiger charge is 2.34. The van der Waals surface area contributed by atoms with Crippen LogP contribution in [0.4, 0.5) is 4.79 Å². The summed E-state index contributed by atoms with van der Waals surface area (Å²) in [6.07, 6.45) is 0. The van der Waals surface area contributed by atoms with E-state index in [9.17, 15) is 14.7 Å². The van der Waals surface area contributed by atoms with Gasteiger partial charge in [-0.1, -0.05) is 27.7 Å². The number of rotatable bonds is 3. The van der Waals surface area contributed by atoms with Crippen LogP contribution in [0.15, 0.2) is 11.3 Å². The molecule has 1 unspecified atom stereocenters. The third-order valence-electron chi connectivity index (χ3n) is 2.61. The van der Waals surface area contributed by atoms with E-state index >= 15 is 0 Å². The van der Waals surface area contributed by atoms with Gasteiger partial charge in [0, 0.05) is 5.70 Å². The van der Waals surface area contributed by atoms with Gasteiger partial charge in [0.1, 0.15) is 0 Å². The van der Waals surface area contributed by atoms with E-state index in [1.54, 1.807) is 0 Å². The summed E-state index contributed by atoms with van der Waals surface area (Å²) >= 11 is 0. The van der Waals surface area contributed by atoms with Gasteiger partial charge in [-0.15, -0.1) is 0 Å². The van der Waals surface area contributed by atoms with Crippen LogP contribution in [0, 0.1) is 11.8 Å². The molecule has 0 aliphatic carbocycles. The van der Waals surface area contributed by atoms with Crippen molar-refractivity contribution in [3.05, 3.63) is 11.3 Å². The molecule has 90 valence electrons. The molecule has 1 aliphatic heterocycles. The maximum atomic E-state index is 11.4. The van der Waals surface area contributed by atoms with E-state index in [1.165, 1.54) is 0 Å². The summed E-state index contributed by atoms with van der Waals surface area (Å²) in [5.74, 6) is -0.945. The lowest BCUT2D eigenvalue weighted by Crippen LogP contribution is -2.53. The minimum Gasteiger partial charge on any atom is -0.478 e. The van der Waals surface area contributed by atoms with Crippen LogP contribution >= 0.6 is 0 Å². The molecule has 3 N–H and O–H groups in total. The molecule has 0 fully saturated rings. The topological polar surface area (TPSA) is 78.4 Å². The number of carbonyl (C=O) groups is 2. The van der Waals surface area contributed by atoms with Crippen molar-refractivity contribution in [3.8, 4) is 0 Å². The largest absolute Gasteiger partial charge is 0.478 e. The molecule has 1 atom stereocenters. The van der Waals surface area contributed by atoms with Gasteiger partial charge in [-0.2, -0.15) is 0 Å². The van der Waals surface area contributed by atoms with Gasteiger partial charge in [0.2, 0.25) is 0 Å². The molecule has 5 nitrogen and oxygen atoms in total. The van der Waals surface area contributed by atoms with Crippen LogP contribution in [0.5, 0.6) is 0 Å². The zero-order chi connectivity index (χ0) is 12.5. The lowest BCUT2D eigenvalue weighted by Gasteiger charge is -2.31. The van der Waals surface area contributed by atoms with Gasteiger partial charge in [-0.05, 0) is 11.8 Å². The number of carboxylic acids is 1. The Labute approximate surface area is 94.9 Å². The average molecular weight is 226 g/mol. The molecule has 5 heteroatoms. The Kier molecular flexibility index (Phi) is 3.57. The van der Waals surface area contributed by atoms with E-state index in [1.807, 2.05) is 27.7 Å². The van der Waals surface area contributed by atoms with Crippen LogP contribution in [0.3, 0.4) is 0 Å². The fourth-order valence-corrected chi connectivity index (χ4v) is 1.81. The van der Waals surface area contributed by atoms with Crippen molar-refractivity contribution < 1.29 is 14.7 Å². The van der Waals surface area contributed by atoms with Crippen molar-refractivity contribution >= 4 is 12.0 Å². The van der Waals surface area contributed by atoms with E-state index in [0.717, 1.165) is 0 Å². The second-order valence-corrected chi connectivity index (χ2v) is 4.61. The molecule has 0 saturated carbocycles. The van der Waals surface area contributed by atoms with Gasteiger partial charge in [-0.25, -0.2) is 9.59 Å². The normalized spacial score (nSPS) is 21.1. The maximum Gasteiger partial charge on any atom is 0.335 e. The third-order valence-corrected chi connectivity index (χ3v) is 2.61. The van der Waals surface area contributed by atoms with Gasteiger partial charge >= 0.3 is 12.0 Å². The van der Waals surface area contributed by atoms with Crippen molar-refractivity contribution in [2.75, 3.05) is 0 Å². The summed E-state index contributed by atoms with van der Waals surface area (Å²) in [4.78, 5) is 22.7. The molecule has 1 rings (SSSR count). The minimum atomic E-state index is -0.977. The van der Waals surface area contributed by atoms with Gasteiger partial charge in [0.15, 0.2) is 0 Å². The Morgan fingerprint density at radius 1 is 1.31 bits per heavy atom. The number of aliphatic carboxylic acids is 1. The first-order valence-corrected chi connectivity index (χ1v) is 5.39. The first kappa shape index (κ1) is 12.5. The molecule has 0 spiro atoms. The number of urea groups is 1. The quantitative estimate of drug-likeness (QED) is 0.679. The smallest absolute Gasteiger partial charge is 0.335 e. The molecule has 0 bridgehead atoms. The lowest BCUT2D eigenvalue weighted by atomic mass is 9.89. The van der Waals surface area contributed by atoms with Crippen LogP contribution in [0.2, 0.25) is 0 Å². The highest BCUT2D eigenvalue weighted by molar-refractivity contribution is 5.93. The average Bonchev–Trinajstić information content (AvgIpc) is 2.15. The summed E-state index contributed by atoms with van der Waals surface area (Å²) in [6.45, 7) is 7.50. The lowest BCUT2D eigenvalue weighted by molar-refractivity contribution is -0.133. The van der Waals surface area contributed by atoms with Gasteiger partial charge in [-0.3, -0.25) is 0 Å². The minimum absolute atomic E-state index is 0.0154. The molecule has 0 aromatic carbocycles. The first-order valence-electron chi connectivity index (χ1n) is 5.39. The third kappa shape index (κ3) is 2.35. The highest BCUT2D eigenvalue weighted by atomic mass is 16.4. The monoisotopic (exact) mass is 226 g/mol. The second-order valence-electron chi connectivity index (χ2n) is 4.61. The fourth-order valence-electron chi connectivity index (χ4n) is 1.81. The molecular weight excluding hydrogens is 208 g/mol. The van der Waals surface area contributed by atoms with Crippen LogP contribution in [-0.4, -0.2) is 23.1 Å². The van der Waals surface area contributed by atoms with Crippen LogP contribution < -0.4 is 10.6 Å². The molecule has 0 saturated heterocycles. The van der Waals surface area contributed by atoms with Crippen LogP contribution in [0.1, 0.15) is 27.7 Å². The van der Waals surface area contributed by atoms with Crippen molar-refractivity contribution in [1.29, 1.82) is 0 Å². The Bertz CT molecular complexity index is 345. The summed E-state index contributed by atoms with van der Waals surface area (Å²) in [5.41, 5.74) is 0.777. The molecule has 1 aliphatic rings. The van der Waals surface area contributed by atoms with Gasteiger partial charge in [0.25, 0.3) is 0 Å². The predicted octanol–water partition coefficient (Wildman–Crippen LogP) is 1.32. The molecule has 0 aromatic rings. The number of carbonyl (C=O) groups excluding carboxylic acids is 1. The zero-order valence-corrected chi connectivity index (χ0v) is 10.00. The SMILES string of the molecule is CC(C)C1=C(C(=O)O)C(C(C)C)NC(=O)N1. The Hall–Kier alpha value is -1.52. The van der Waals surface area contributed by atoms with E-state index in [2.05, 4.69) is 10.6 Å². The summed E-state index contributed by atoms with van der Waals surface area (Å²) in [6, 6.07) is -0.754. The Balaban J connectivity index is 3.24. The summed E-state index contributed by atoms with van der Waals surface area (Å²) in [7, 11) is 0. The van der Waals surface area contributed by atoms with Crippen LogP contribution in [0.25, 0.3) is 0 Å². The van der Waals surface area contributed by atoms with Crippen molar-refractivity contribution in [1.82, 2.24) is 10.6 Å². The Morgan fingerprint density at radius 3 is 2.25 bits per heavy atom. The van der Waals surface area contributed by atoms with E-state index in [-0.39, 0.29) is 23.4 Å². The van der Waals surface area contributed by atoms with Crippen molar-refractivity contribution in [2.45, 2.75) is 33.7 Å². The molecule has 16 heavy (non-hydrogen) atoms. The predicted molar refractivity (Wildman–Crippen MR) is 59.8 cm³/mol. The second kappa shape index (κ2) is 4.55. The van der Waals surface area contributed by atoms with E-state index in [4.69, 9.17) is 0 Å². The van der Waals surface area contributed by atoms with Crippen LogP contribution in [-0.2, 0) is 4.79 Å². The molecule has 2 amide bonds. The number of hydrogen-bond acceptors (Lipinski definition) is 2. The van der Waals surface area contributed by atoms with E-state index in [0.29, 0.717) is 5.70 Å². The number of hydrogen-bond donors (Lipinski definition) is 3. The molecular formula is C11H18N2O3. The van der Waals surface area contributed by atoms with Gasteiger partial charge < -0.3 is 15.7 Å². The summed E-state index contributed by atoms with van der Waals surface area (Å²) in [5, 5.41) is 14.4.